The molecule has 0 aliphatic carbocycles. The van der Waals surface area contributed by atoms with Crippen molar-refractivity contribution >= 4 is 56.9 Å². The molecule has 3 heterocycles. The van der Waals surface area contributed by atoms with Gasteiger partial charge >= 0.3 is 0 Å². The highest BCUT2D eigenvalue weighted by molar-refractivity contribution is 7.09. The number of rotatable bonds is 8. The fourth-order valence-corrected chi connectivity index (χ4v) is 4.42. The Morgan fingerprint density at radius 3 is 2.80 bits per heavy atom. The van der Waals surface area contributed by atoms with E-state index in [4.69, 9.17) is 23.2 Å². The molecule has 0 radical (unpaired) electrons. The Hall–Kier alpha value is -2.41. The van der Waals surface area contributed by atoms with Crippen molar-refractivity contribution in [3.8, 4) is 0 Å². The molecule has 0 bridgehead atoms. The molecule has 8 heteroatoms. The van der Waals surface area contributed by atoms with Gasteiger partial charge in [0.2, 0.25) is 5.28 Å². The van der Waals surface area contributed by atoms with Gasteiger partial charge in [0.25, 0.3) is 0 Å². The Morgan fingerprint density at radius 1 is 1.10 bits per heavy atom. The second-order valence-corrected chi connectivity index (χ2v) is 8.74. The first-order chi connectivity index (χ1) is 14.6. The molecule has 0 amide bonds. The highest BCUT2D eigenvalue weighted by Crippen LogP contribution is 2.25. The summed E-state index contributed by atoms with van der Waals surface area (Å²) in [5, 5.41) is 7.66. The maximum Gasteiger partial charge on any atom is 0.224 e. The second-order valence-electron chi connectivity index (χ2n) is 6.94. The number of pyridine rings is 1. The molecule has 0 atom stereocenters. The third kappa shape index (κ3) is 5.19. The van der Waals surface area contributed by atoms with Crippen molar-refractivity contribution in [1.29, 1.82) is 0 Å². The lowest BCUT2D eigenvalue weighted by Crippen LogP contribution is -2.26. The number of fused-ring (bicyclic) bond motifs is 1. The fourth-order valence-electron chi connectivity index (χ4n) is 3.31. The molecule has 0 fully saturated rings. The summed E-state index contributed by atoms with van der Waals surface area (Å²) >= 11 is 13.9. The van der Waals surface area contributed by atoms with Crippen LogP contribution in [0.5, 0.6) is 0 Å². The number of nitrogens with one attached hydrogen (secondary N) is 1. The van der Waals surface area contributed by atoms with E-state index in [1.165, 1.54) is 4.88 Å². The summed E-state index contributed by atoms with van der Waals surface area (Å²) in [4.78, 5) is 16.6. The van der Waals surface area contributed by atoms with E-state index in [1.54, 1.807) is 17.5 Å². The van der Waals surface area contributed by atoms with Crippen LogP contribution >= 0.6 is 34.5 Å². The summed E-state index contributed by atoms with van der Waals surface area (Å²) in [6, 6.07) is 14.0. The number of hydrogen-bond acceptors (Lipinski definition) is 6. The smallest absolute Gasteiger partial charge is 0.224 e. The van der Waals surface area contributed by atoms with E-state index in [2.05, 4.69) is 42.7 Å². The van der Waals surface area contributed by atoms with Crippen LogP contribution in [0.25, 0.3) is 10.9 Å². The Labute approximate surface area is 189 Å². The van der Waals surface area contributed by atoms with Crippen LogP contribution in [0, 0.1) is 6.92 Å². The van der Waals surface area contributed by atoms with Gasteiger partial charge in [-0.1, -0.05) is 17.7 Å². The highest BCUT2D eigenvalue weighted by atomic mass is 35.5. The van der Waals surface area contributed by atoms with Crippen molar-refractivity contribution in [2.24, 2.45) is 0 Å². The Balaban J connectivity index is 1.44. The summed E-state index contributed by atoms with van der Waals surface area (Å²) in [7, 11) is 0. The van der Waals surface area contributed by atoms with Crippen LogP contribution in [0.1, 0.15) is 17.0 Å². The monoisotopic (exact) mass is 457 g/mol. The largest absolute Gasteiger partial charge is 0.384 e. The summed E-state index contributed by atoms with van der Waals surface area (Å²) in [5.41, 5.74) is 2.81. The van der Waals surface area contributed by atoms with Crippen molar-refractivity contribution in [1.82, 2.24) is 15.0 Å². The Kier molecular flexibility index (Phi) is 6.67. The quantitative estimate of drug-likeness (QED) is 0.251. The van der Waals surface area contributed by atoms with Crippen molar-refractivity contribution in [2.45, 2.75) is 19.9 Å². The third-order valence-corrected chi connectivity index (χ3v) is 5.95. The molecular formula is C22H21Cl2N5S. The number of aromatic nitrogens is 3. The van der Waals surface area contributed by atoms with Crippen molar-refractivity contribution < 1.29 is 0 Å². The maximum absolute atomic E-state index is 6.11. The normalized spacial score (nSPS) is 11.0. The van der Waals surface area contributed by atoms with Gasteiger partial charge < -0.3 is 10.2 Å². The van der Waals surface area contributed by atoms with Gasteiger partial charge in [0.1, 0.15) is 5.82 Å². The van der Waals surface area contributed by atoms with Gasteiger partial charge in [0.05, 0.1) is 12.1 Å². The van der Waals surface area contributed by atoms with Crippen LogP contribution in [0.3, 0.4) is 0 Å². The van der Waals surface area contributed by atoms with E-state index >= 15 is 0 Å². The first-order valence-corrected chi connectivity index (χ1v) is 11.3. The van der Waals surface area contributed by atoms with Gasteiger partial charge in [-0.15, -0.1) is 11.3 Å². The van der Waals surface area contributed by atoms with Crippen molar-refractivity contribution in [2.75, 3.05) is 23.3 Å². The zero-order valence-corrected chi connectivity index (χ0v) is 18.8. The molecule has 0 aliphatic heterocycles. The molecule has 1 N–H and O–H groups in total. The summed E-state index contributed by atoms with van der Waals surface area (Å²) in [6.07, 6.45) is 2.74. The molecule has 4 aromatic rings. The lowest BCUT2D eigenvalue weighted by molar-refractivity contribution is 0.740. The molecule has 1 aromatic carbocycles. The zero-order chi connectivity index (χ0) is 20.9. The Bertz CT molecular complexity index is 1110. The SMILES string of the molecule is Cc1cc(N(CCCNc2ccnc3cc(Cl)ccc23)Cc2cccs2)nc(Cl)n1. The number of thiophene rings is 1. The number of hydrogen-bond donors (Lipinski definition) is 1. The third-order valence-electron chi connectivity index (χ3n) is 4.69. The molecule has 30 heavy (non-hydrogen) atoms. The average molecular weight is 458 g/mol. The molecule has 3 aromatic heterocycles. The Morgan fingerprint density at radius 2 is 2.00 bits per heavy atom. The van der Waals surface area contributed by atoms with Gasteiger partial charge in [-0.05, 0) is 60.7 Å². The molecule has 0 spiro atoms. The predicted octanol–water partition coefficient (Wildman–Crippen LogP) is 6.21. The lowest BCUT2D eigenvalue weighted by Gasteiger charge is -2.24. The van der Waals surface area contributed by atoms with E-state index in [0.717, 1.165) is 54.2 Å². The van der Waals surface area contributed by atoms with Crippen LogP contribution in [0.4, 0.5) is 11.5 Å². The van der Waals surface area contributed by atoms with Crippen LogP contribution in [0.15, 0.2) is 54.0 Å². The number of anilines is 2. The molecule has 5 nitrogen and oxygen atoms in total. The maximum atomic E-state index is 6.11. The zero-order valence-electron chi connectivity index (χ0n) is 16.5. The molecule has 154 valence electrons. The van der Waals surface area contributed by atoms with E-state index in [0.29, 0.717) is 5.02 Å². The number of halogens is 2. The van der Waals surface area contributed by atoms with Gasteiger partial charge in [-0.25, -0.2) is 9.97 Å². The van der Waals surface area contributed by atoms with Gasteiger partial charge in [0, 0.05) is 52.0 Å². The molecule has 0 saturated heterocycles. The summed E-state index contributed by atoms with van der Waals surface area (Å²) in [6.45, 7) is 4.39. The van der Waals surface area contributed by atoms with E-state index in [-0.39, 0.29) is 5.28 Å². The van der Waals surface area contributed by atoms with Crippen LogP contribution < -0.4 is 10.2 Å². The molecule has 4 rings (SSSR count). The lowest BCUT2D eigenvalue weighted by atomic mass is 10.2. The fraction of sp³-hybridized carbons (Fsp3) is 0.227. The minimum absolute atomic E-state index is 0.279. The molecule has 0 unspecified atom stereocenters. The predicted molar refractivity (Wildman–Crippen MR) is 127 cm³/mol. The summed E-state index contributed by atoms with van der Waals surface area (Å²) in [5.74, 6) is 0.852. The van der Waals surface area contributed by atoms with Crippen LogP contribution in [0.2, 0.25) is 10.3 Å². The van der Waals surface area contributed by atoms with Crippen LogP contribution in [-0.2, 0) is 6.54 Å². The van der Waals surface area contributed by atoms with E-state index < -0.39 is 0 Å². The molecule has 0 aliphatic rings. The number of nitrogens with zero attached hydrogens (tertiary/aromatic N) is 4. The first kappa shape index (κ1) is 20.8. The van der Waals surface area contributed by atoms with Crippen LogP contribution in [-0.4, -0.2) is 28.0 Å². The van der Waals surface area contributed by atoms with Gasteiger partial charge in [-0.2, -0.15) is 0 Å². The van der Waals surface area contributed by atoms with Crippen molar-refractivity contribution in [3.63, 3.8) is 0 Å². The van der Waals surface area contributed by atoms with Gasteiger partial charge in [-0.3, -0.25) is 4.98 Å². The van der Waals surface area contributed by atoms with Gasteiger partial charge in [0.15, 0.2) is 0 Å². The number of benzene rings is 1. The van der Waals surface area contributed by atoms with E-state index in [1.807, 2.05) is 37.3 Å². The first-order valence-electron chi connectivity index (χ1n) is 9.65. The number of aryl methyl sites for hydroxylation is 1. The highest BCUT2D eigenvalue weighted by Gasteiger charge is 2.12. The minimum atomic E-state index is 0.279. The van der Waals surface area contributed by atoms with E-state index in [9.17, 15) is 0 Å². The molecular weight excluding hydrogens is 437 g/mol. The van der Waals surface area contributed by atoms with Crippen molar-refractivity contribution in [3.05, 3.63) is 74.9 Å². The second kappa shape index (κ2) is 9.60. The molecule has 0 saturated carbocycles. The standard InChI is InChI=1S/C22H21Cl2N5S/c1-15-12-21(28-22(24)27-15)29(14-17-4-2-11-30-17)10-3-8-25-19-7-9-26-20-13-16(23)5-6-18(19)20/h2,4-7,9,11-13H,3,8,10,14H2,1H3,(H,25,26). The average Bonchev–Trinajstić information content (AvgIpc) is 3.22. The minimum Gasteiger partial charge on any atom is -0.384 e. The topological polar surface area (TPSA) is 53.9 Å². The summed E-state index contributed by atoms with van der Waals surface area (Å²) < 4.78 is 0.